The van der Waals surface area contributed by atoms with Gasteiger partial charge in [0, 0.05) is 12.1 Å². The number of nitrogens with two attached hydrogens (primary N) is 1. The van der Waals surface area contributed by atoms with E-state index in [1.165, 1.54) is 12.1 Å². The zero-order chi connectivity index (χ0) is 15.4. The van der Waals surface area contributed by atoms with E-state index in [-0.39, 0.29) is 22.7 Å². The van der Waals surface area contributed by atoms with E-state index in [0.717, 1.165) is 0 Å². The summed E-state index contributed by atoms with van der Waals surface area (Å²) in [5, 5.41) is 31.3. The first-order chi connectivity index (χ1) is 10.1. The topological polar surface area (TPSA) is 119 Å². The summed E-state index contributed by atoms with van der Waals surface area (Å²) in [7, 11) is 0. The van der Waals surface area contributed by atoms with E-state index in [1.54, 1.807) is 12.1 Å². The standard InChI is InChI=1S/C15H13N5O/c1-2-19-15-12(8-17)13(11(7-16)14(18)20-15)9-4-3-5-10(21)6-9/h3-6,21H,2H2,1H3,(H3,18,19,20). The fraction of sp³-hybridized carbons (Fsp3) is 0.133. The van der Waals surface area contributed by atoms with E-state index < -0.39 is 0 Å². The fourth-order valence-electron chi connectivity index (χ4n) is 2.07. The van der Waals surface area contributed by atoms with Gasteiger partial charge in [-0.05, 0) is 24.6 Å². The van der Waals surface area contributed by atoms with Crippen LogP contribution in [0, 0.1) is 22.7 Å². The van der Waals surface area contributed by atoms with Crippen LogP contribution < -0.4 is 11.1 Å². The number of nitriles is 2. The minimum absolute atomic E-state index is 0.0423. The molecule has 4 N–H and O–H groups in total. The lowest BCUT2D eigenvalue weighted by Crippen LogP contribution is -2.08. The number of rotatable bonds is 3. The van der Waals surface area contributed by atoms with Crippen molar-refractivity contribution in [2.75, 3.05) is 17.6 Å². The van der Waals surface area contributed by atoms with Crippen LogP contribution in [0.2, 0.25) is 0 Å². The highest BCUT2D eigenvalue weighted by Crippen LogP contribution is 2.35. The molecule has 0 aliphatic rings. The third kappa shape index (κ3) is 2.56. The average molecular weight is 279 g/mol. The summed E-state index contributed by atoms with van der Waals surface area (Å²) in [6, 6.07) is 10.4. The van der Waals surface area contributed by atoms with E-state index in [2.05, 4.69) is 16.4 Å². The Morgan fingerprint density at radius 3 is 2.57 bits per heavy atom. The summed E-state index contributed by atoms with van der Waals surface area (Å²) < 4.78 is 0. The summed E-state index contributed by atoms with van der Waals surface area (Å²) in [4.78, 5) is 4.07. The lowest BCUT2D eigenvalue weighted by atomic mass is 9.96. The normalized spacial score (nSPS) is 9.67. The van der Waals surface area contributed by atoms with Crippen molar-refractivity contribution in [1.82, 2.24) is 4.98 Å². The summed E-state index contributed by atoms with van der Waals surface area (Å²) in [6.45, 7) is 2.43. The van der Waals surface area contributed by atoms with Crippen LogP contribution in [0.15, 0.2) is 24.3 Å². The highest BCUT2D eigenvalue weighted by Gasteiger charge is 2.19. The van der Waals surface area contributed by atoms with Gasteiger partial charge in [-0.25, -0.2) is 4.98 Å². The van der Waals surface area contributed by atoms with Gasteiger partial charge in [0.2, 0.25) is 0 Å². The maximum Gasteiger partial charge on any atom is 0.147 e. The molecule has 104 valence electrons. The second-order valence-corrected chi connectivity index (χ2v) is 4.27. The summed E-state index contributed by atoms with van der Waals surface area (Å²) in [5.74, 6) is 0.418. The van der Waals surface area contributed by atoms with Crippen LogP contribution in [0.4, 0.5) is 11.6 Å². The number of hydrogen-bond acceptors (Lipinski definition) is 6. The van der Waals surface area contributed by atoms with Gasteiger partial charge in [-0.1, -0.05) is 12.1 Å². The molecule has 6 heteroatoms. The molecule has 0 fully saturated rings. The number of hydrogen-bond donors (Lipinski definition) is 3. The van der Waals surface area contributed by atoms with Gasteiger partial charge in [0.1, 0.15) is 40.7 Å². The maximum atomic E-state index is 9.62. The van der Waals surface area contributed by atoms with E-state index in [1.807, 2.05) is 13.0 Å². The highest BCUT2D eigenvalue weighted by molar-refractivity contribution is 5.85. The van der Waals surface area contributed by atoms with E-state index >= 15 is 0 Å². The molecule has 0 unspecified atom stereocenters. The van der Waals surface area contributed by atoms with Gasteiger partial charge in [-0.2, -0.15) is 10.5 Å². The predicted octanol–water partition coefficient (Wildman–Crippen LogP) is 2.21. The van der Waals surface area contributed by atoms with Gasteiger partial charge < -0.3 is 16.2 Å². The Labute approximate surface area is 122 Å². The molecule has 0 spiro atoms. The number of phenols is 1. The Hall–Kier alpha value is -3.25. The minimum Gasteiger partial charge on any atom is -0.508 e. The molecule has 0 aliphatic carbocycles. The summed E-state index contributed by atoms with van der Waals surface area (Å²) >= 11 is 0. The molecule has 1 aromatic heterocycles. The lowest BCUT2D eigenvalue weighted by Gasteiger charge is -2.13. The van der Waals surface area contributed by atoms with E-state index in [0.29, 0.717) is 23.5 Å². The van der Waals surface area contributed by atoms with Crippen LogP contribution in [0.25, 0.3) is 11.1 Å². The molecule has 1 heterocycles. The lowest BCUT2D eigenvalue weighted by molar-refractivity contribution is 0.475. The molecule has 0 atom stereocenters. The molecule has 0 amide bonds. The number of anilines is 2. The first kappa shape index (κ1) is 14.2. The molecule has 0 bridgehead atoms. The number of nitrogens with zero attached hydrogens (tertiary/aromatic N) is 3. The molecule has 21 heavy (non-hydrogen) atoms. The second kappa shape index (κ2) is 5.81. The number of pyridine rings is 1. The monoisotopic (exact) mass is 279 g/mol. The van der Waals surface area contributed by atoms with Crippen molar-refractivity contribution in [2.24, 2.45) is 0 Å². The van der Waals surface area contributed by atoms with Crippen molar-refractivity contribution < 1.29 is 5.11 Å². The molecule has 2 aromatic rings. The Bertz CT molecular complexity index is 771. The Morgan fingerprint density at radius 1 is 1.29 bits per heavy atom. The number of benzene rings is 1. The number of nitrogens with one attached hydrogen (secondary N) is 1. The van der Waals surface area contributed by atoms with E-state index in [9.17, 15) is 15.6 Å². The van der Waals surface area contributed by atoms with Crippen molar-refractivity contribution in [3.05, 3.63) is 35.4 Å². The summed E-state index contributed by atoms with van der Waals surface area (Å²) in [5.41, 5.74) is 7.08. The number of nitrogen functional groups attached to an aromatic ring is 1. The molecule has 2 rings (SSSR count). The van der Waals surface area contributed by atoms with Gasteiger partial charge >= 0.3 is 0 Å². The third-order valence-electron chi connectivity index (χ3n) is 2.93. The summed E-state index contributed by atoms with van der Waals surface area (Å²) in [6.07, 6.45) is 0. The van der Waals surface area contributed by atoms with Crippen molar-refractivity contribution in [1.29, 1.82) is 10.5 Å². The van der Waals surface area contributed by atoms with Gasteiger partial charge in [0.05, 0.1) is 0 Å². The molecule has 0 saturated heterocycles. The maximum absolute atomic E-state index is 9.62. The number of phenolic OH excluding ortho intramolecular Hbond substituents is 1. The molecular weight excluding hydrogens is 266 g/mol. The second-order valence-electron chi connectivity index (χ2n) is 4.27. The van der Waals surface area contributed by atoms with Crippen LogP contribution in [0.1, 0.15) is 18.1 Å². The average Bonchev–Trinajstić information content (AvgIpc) is 2.47. The van der Waals surface area contributed by atoms with Crippen LogP contribution >= 0.6 is 0 Å². The first-order valence-electron chi connectivity index (χ1n) is 6.29. The van der Waals surface area contributed by atoms with Crippen LogP contribution in [-0.2, 0) is 0 Å². The third-order valence-corrected chi connectivity index (χ3v) is 2.93. The SMILES string of the molecule is CCNc1nc(N)c(C#N)c(-c2cccc(O)c2)c1C#N. The van der Waals surface area contributed by atoms with Crippen LogP contribution in [-0.4, -0.2) is 16.6 Å². The smallest absolute Gasteiger partial charge is 0.147 e. The molecule has 6 nitrogen and oxygen atoms in total. The predicted molar refractivity (Wildman–Crippen MR) is 79.3 cm³/mol. The zero-order valence-electron chi connectivity index (χ0n) is 11.4. The Kier molecular flexibility index (Phi) is 3.92. The fourth-order valence-corrected chi connectivity index (χ4v) is 2.07. The van der Waals surface area contributed by atoms with Crippen molar-refractivity contribution in [3.8, 4) is 29.0 Å². The molecular formula is C15H13N5O. The van der Waals surface area contributed by atoms with Crippen molar-refractivity contribution in [3.63, 3.8) is 0 Å². The van der Waals surface area contributed by atoms with Gasteiger partial charge in [-0.3, -0.25) is 0 Å². The quantitative estimate of drug-likeness (QED) is 0.792. The van der Waals surface area contributed by atoms with Crippen LogP contribution in [0.3, 0.4) is 0 Å². The van der Waals surface area contributed by atoms with Gasteiger partial charge in [0.25, 0.3) is 0 Å². The first-order valence-corrected chi connectivity index (χ1v) is 6.29. The largest absolute Gasteiger partial charge is 0.508 e. The Balaban J connectivity index is 2.85. The molecule has 0 radical (unpaired) electrons. The van der Waals surface area contributed by atoms with Crippen molar-refractivity contribution >= 4 is 11.6 Å². The van der Waals surface area contributed by atoms with Crippen LogP contribution in [0.5, 0.6) is 5.75 Å². The highest BCUT2D eigenvalue weighted by atomic mass is 16.3. The zero-order valence-corrected chi connectivity index (χ0v) is 11.4. The molecule has 0 saturated carbocycles. The van der Waals surface area contributed by atoms with E-state index in [4.69, 9.17) is 5.73 Å². The number of aromatic nitrogens is 1. The molecule has 0 aliphatic heterocycles. The van der Waals surface area contributed by atoms with Gasteiger partial charge in [-0.15, -0.1) is 0 Å². The Morgan fingerprint density at radius 2 is 2.00 bits per heavy atom. The number of aromatic hydroxyl groups is 1. The molecule has 1 aromatic carbocycles. The minimum atomic E-state index is 0.0423. The van der Waals surface area contributed by atoms with Crippen molar-refractivity contribution in [2.45, 2.75) is 6.92 Å². The van der Waals surface area contributed by atoms with Gasteiger partial charge in [0.15, 0.2) is 0 Å².